The Hall–Kier alpha value is -3.93. The highest BCUT2D eigenvalue weighted by atomic mass is 32.2. The average Bonchev–Trinajstić information content (AvgIpc) is 3.00. The van der Waals surface area contributed by atoms with Crippen molar-refractivity contribution in [3.8, 4) is 11.5 Å². The molecule has 0 aromatic heterocycles. The molecule has 0 aliphatic carbocycles. The molecule has 1 saturated heterocycles. The van der Waals surface area contributed by atoms with Crippen molar-refractivity contribution in [1.29, 1.82) is 0 Å². The van der Waals surface area contributed by atoms with E-state index >= 15 is 0 Å². The van der Waals surface area contributed by atoms with Gasteiger partial charge in [-0.1, -0.05) is 6.07 Å². The van der Waals surface area contributed by atoms with Gasteiger partial charge >= 0.3 is 5.69 Å². The lowest BCUT2D eigenvalue weighted by atomic mass is 10.1. The number of amides is 3. The molecule has 2 aromatic carbocycles. The summed E-state index contributed by atoms with van der Waals surface area (Å²) in [5, 5.41) is 13.0. The number of hydrogen-bond donors (Lipinski definition) is 1. The van der Waals surface area contributed by atoms with E-state index in [1.54, 1.807) is 0 Å². The summed E-state index contributed by atoms with van der Waals surface area (Å²) in [6, 6.07) is 7.60. The molecule has 0 unspecified atom stereocenters. The Kier molecular flexibility index (Phi) is 6.73. The quantitative estimate of drug-likeness (QED) is 0.377. The number of nitrogens with zero attached hydrogens (tertiary/aromatic N) is 2. The molecule has 3 amide bonds. The largest absolute Gasteiger partial charge is 0.496 e. The van der Waals surface area contributed by atoms with Gasteiger partial charge in [0.15, 0.2) is 0 Å². The first-order valence-corrected chi connectivity index (χ1v) is 9.76. The fourth-order valence-corrected chi connectivity index (χ4v) is 3.68. The van der Waals surface area contributed by atoms with E-state index in [2.05, 4.69) is 5.32 Å². The van der Waals surface area contributed by atoms with Crippen molar-refractivity contribution < 1.29 is 33.2 Å². The van der Waals surface area contributed by atoms with E-state index in [1.807, 2.05) is 0 Å². The van der Waals surface area contributed by atoms with E-state index in [1.165, 1.54) is 44.6 Å². The molecule has 1 N–H and O–H groups in total. The third-order valence-electron chi connectivity index (χ3n) is 4.30. The fourth-order valence-electron chi connectivity index (χ4n) is 2.85. The Balaban J connectivity index is 1.83. The molecule has 1 heterocycles. The molecule has 3 rings (SSSR count). The van der Waals surface area contributed by atoms with Crippen LogP contribution in [0, 0.1) is 15.9 Å². The SMILES string of the molecule is COc1cc(OC)c([N+](=O)[O-])cc1/C=C1/SC(=O)N(CC(=O)Nc2cccc(F)c2)C1=O. The van der Waals surface area contributed by atoms with Crippen LogP contribution in [0.5, 0.6) is 11.5 Å². The molecule has 0 radical (unpaired) electrons. The van der Waals surface area contributed by atoms with Crippen molar-refractivity contribution in [2.75, 3.05) is 26.1 Å². The lowest BCUT2D eigenvalue weighted by molar-refractivity contribution is -0.385. The zero-order valence-corrected chi connectivity index (χ0v) is 17.6. The summed E-state index contributed by atoms with van der Waals surface area (Å²) in [6.45, 7) is -0.585. The number of halogens is 1. The molecule has 1 aliphatic rings. The molecule has 2 aromatic rings. The van der Waals surface area contributed by atoms with Gasteiger partial charge in [0, 0.05) is 23.4 Å². The first kappa shape index (κ1) is 22.7. The Labute approximate surface area is 185 Å². The van der Waals surface area contributed by atoms with Gasteiger partial charge in [0.05, 0.1) is 24.0 Å². The standard InChI is InChI=1S/C20H16FN3O7S/c1-30-15-9-16(31-2)14(24(28)29)6-11(15)7-17-19(26)23(20(27)32-17)10-18(25)22-13-5-3-4-12(21)8-13/h3-9H,10H2,1-2H3,(H,22,25)/b17-7+. The number of nitrogens with one attached hydrogen (secondary N) is 1. The van der Waals surface area contributed by atoms with E-state index in [-0.39, 0.29) is 33.3 Å². The third-order valence-corrected chi connectivity index (χ3v) is 5.21. The molecular weight excluding hydrogens is 445 g/mol. The van der Waals surface area contributed by atoms with Crippen molar-refractivity contribution in [2.45, 2.75) is 0 Å². The van der Waals surface area contributed by atoms with Crippen LogP contribution in [0.25, 0.3) is 6.08 Å². The molecule has 0 spiro atoms. The molecule has 12 heteroatoms. The Bertz CT molecular complexity index is 1150. The molecule has 0 saturated carbocycles. The van der Waals surface area contributed by atoms with Gasteiger partial charge in [-0.05, 0) is 36.0 Å². The van der Waals surface area contributed by atoms with Crippen LogP contribution in [0.2, 0.25) is 0 Å². The van der Waals surface area contributed by atoms with Crippen LogP contribution in [0.4, 0.5) is 20.6 Å². The van der Waals surface area contributed by atoms with E-state index in [4.69, 9.17) is 9.47 Å². The minimum absolute atomic E-state index is 0.0360. The maximum atomic E-state index is 13.3. The fraction of sp³-hybridized carbons (Fsp3) is 0.150. The molecule has 32 heavy (non-hydrogen) atoms. The molecule has 166 valence electrons. The van der Waals surface area contributed by atoms with Crippen LogP contribution in [-0.2, 0) is 9.59 Å². The number of nitro groups is 1. The van der Waals surface area contributed by atoms with Gasteiger partial charge in [0.1, 0.15) is 18.1 Å². The topological polar surface area (TPSA) is 128 Å². The molecule has 10 nitrogen and oxygen atoms in total. The molecule has 1 aliphatic heterocycles. The van der Waals surface area contributed by atoms with E-state index in [9.17, 15) is 28.9 Å². The van der Waals surface area contributed by atoms with Crippen molar-refractivity contribution >= 4 is 46.3 Å². The number of thioether (sulfide) groups is 1. The van der Waals surface area contributed by atoms with Gasteiger partial charge in [0.25, 0.3) is 11.1 Å². The number of carbonyl (C=O) groups excluding carboxylic acids is 3. The second-order valence-corrected chi connectivity index (χ2v) is 7.34. The normalized spacial score (nSPS) is 14.6. The maximum absolute atomic E-state index is 13.3. The van der Waals surface area contributed by atoms with Crippen LogP contribution in [-0.4, -0.2) is 47.6 Å². The lowest BCUT2D eigenvalue weighted by Gasteiger charge is -2.12. The van der Waals surface area contributed by atoms with Crippen LogP contribution < -0.4 is 14.8 Å². The summed E-state index contributed by atoms with van der Waals surface area (Å²) in [4.78, 5) is 48.5. The van der Waals surface area contributed by atoms with E-state index in [0.717, 1.165) is 17.0 Å². The van der Waals surface area contributed by atoms with Gasteiger partial charge in [-0.15, -0.1) is 0 Å². The first-order valence-electron chi connectivity index (χ1n) is 8.94. The summed E-state index contributed by atoms with van der Waals surface area (Å²) in [6.07, 6.45) is 1.26. The van der Waals surface area contributed by atoms with E-state index in [0.29, 0.717) is 11.8 Å². The maximum Gasteiger partial charge on any atom is 0.311 e. The molecular formula is C20H16FN3O7S. The highest BCUT2D eigenvalue weighted by molar-refractivity contribution is 8.18. The first-order chi connectivity index (χ1) is 15.2. The van der Waals surface area contributed by atoms with Gasteiger partial charge in [-0.2, -0.15) is 0 Å². The predicted molar refractivity (Wildman–Crippen MR) is 114 cm³/mol. The second-order valence-electron chi connectivity index (χ2n) is 6.35. The van der Waals surface area contributed by atoms with E-state index < -0.39 is 34.3 Å². The van der Waals surface area contributed by atoms with Gasteiger partial charge in [-0.3, -0.25) is 29.4 Å². The number of ether oxygens (including phenoxy) is 2. The summed E-state index contributed by atoms with van der Waals surface area (Å²) in [5.74, 6) is -1.86. The van der Waals surface area contributed by atoms with Crippen molar-refractivity contribution in [1.82, 2.24) is 4.90 Å². The van der Waals surface area contributed by atoms with Crippen molar-refractivity contribution in [3.63, 3.8) is 0 Å². The Morgan fingerprint density at radius 3 is 2.56 bits per heavy atom. The van der Waals surface area contributed by atoms with Crippen LogP contribution >= 0.6 is 11.8 Å². The highest BCUT2D eigenvalue weighted by Gasteiger charge is 2.36. The van der Waals surface area contributed by atoms with Crippen LogP contribution in [0.15, 0.2) is 41.3 Å². The summed E-state index contributed by atoms with van der Waals surface area (Å²) < 4.78 is 23.4. The third kappa shape index (κ3) is 4.86. The zero-order chi connectivity index (χ0) is 23.4. The number of carbonyl (C=O) groups is 3. The average molecular weight is 461 g/mol. The summed E-state index contributed by atoms with van der Waals surface area (Å²) in [7, 11) is 2.60. The number of methoxy groups -OCH3 is 2. The summed E-state index contributed by atoms with van der Waals surface area (Å²) >= 11 is 0.573. The number of hydrogen-bond acceptors (Lipinski definition) is 8. The van der Waals surface area contributed by atoms with Crippen molar-refractivity contribution in [3.05, 3.63) is 62.8 Å². The van der Waals surface area contributed by atoms with Gasteiger partial charge in [-0.25, -0.2) is 4.39 Å². The highest BCUT2D eigenvalue weighted by Crippen LogP contribution is 2.38. The monoisotopic (exact) mass is 461 g/mol. The number of benzene rings is 2. The van der Waals surface area contributed by atoms with Crippen molar-refractivity contribution in [2.24, 2.45) is 0 Å². The number of rotatable bonds is 7. The number of imide groups is 1. The minimum Gasteiger partial charge on any atom is -0.496 e. The smallest absolute Gasteiger partial charge is 0.311 e. The van der Waals surface area contributed by atoms with Crippen LogP contribution in [0.3, 0.4) is 0 Å². The molecule has 0 bridgehead atoms. The Morgan fingerprint density at radius 1 is 1.22 bits per heavy atom. The number of nitro benzene ring substituents is 1. The minimum atomic E-state index is -0.755. The second kappa shape index (κ2) is 9.47. The molecule has 1 fully saturated rings. The lowest BCUT2D eigenvalue weighted by Crippen LogP contribution is -2.36. The summed E-state index contributed by atoms with van der Waals surface area (Å²) in [5.41, 5.74) is -0.00393. The number of anilines is 1. The van der Waals surface area contributed by atoms with Gasteiger partial charge in [0.2, 0.25) is 11.7 Å². The predicted octanol–water partition coefficient (Wildman–Crippen LogP) is 3.43. The van der Waals surface area contributed by atoms with Crippen LogP contribution in [0.1, 0.15) is 5.56 Å². The molecule has 0 atom stereocenters. The zero-order valence-electron chi connectivity index (χ0n) is 16.8. The Morgan fingerprint density at radius 2 is 1.94 bits per heavy atom. The van der Waals surface area contributed by atoms with Gasteiger partial charge < -0.3 is 14.8 Å².